The molecule has 0 N–H and O–H groups in total. The first-order valence-corrected chi connectivity index (χ1v) is 6.27. The van der Waals surface area contributed by atoms with Crippen molar-refractivity contribution in [2.45, 2.75) is 52.2 Å². The fourth-order valence-electron chi connectivity index (χ4n) is 1.58. The molecule has 94 valence electrons. The maximum atomic E-state index is 12.2. The van der Waals surface area contributed by atoms with Crippen molar-refractivity contribution < 1.29 is 9.53 Å². The van der Waals surface area contributed by atoms with Crippen LogP contribution in [0.15, 0.2) is 30.3 Å². The number of carbonyl (C=O) groups excluding carboxylic acids is 1. The van der Waals surface area contributed by atoms with E-state index in [-0.39, 0.29) is 17.5 Å². The fraction of sp³-hybridized carbons (Fsp3) is 0.533. The third-order valence-electron chi connectivity index (χ3n) is 3.03. The average molecular weight is 234 g/mol. The summed E-state index contributed by atoms with van der Waals surface area (Å²) in [6.45, 7) is 8.10. The second-order valence-electron chi connectivity index (χ2n) is 4.86. The van der Waals surface area contributed by atoms with Gasteiger partial charge in [0.2, 0.25) is 0 Å². The number of ether oxygens (including phenoxy) is 1. The van der Waals surface area contributed by atoms with Crippen LogP contribution in [0.2, 0.25) is 0 Å². The average Bonchev–Trinajstić information content (AvgIpc) is 2.36. The third kappa shape index (κ3) is 3.97. The summed E-state index contributed by atoms with van der Waals surface area (Å²) >= 11 is 0. The molecule has 0 aliphatic carbocycles. The summed E-state index contributed by atoms with van der Waals surface area (Å²) in [6, 6.07) is 9.35. The summed E-state index contributed by atoms with van der Waals surface area (Å²) in [6.07, 6.45) is 1.26. The van der Waals surface area contributed by atoms with Gasteiger partial charge in [-0.05, 0) is 26.7 Å². The van der Waals surface area contributed by atoms with Gasteiger partial charge in [0.25, 0.3) is 0 Å². The molecule has 0 aliphatic rings. The summed E-state index contributed by atoms with van der Waals surface area (Å²) in [5.74, 6) is 0.0784. The highest BCUT2D eigenvalue weighted by Gasteiger charge is 2.26. The van der Waals surface area contributed by atoms with Crippen LogP contribution in [0.3, 0.4) is 0 Å². The largest absolute Gasteiger partial charge is 0.364 e. The monoisotopic (exact) mass is 234 g/mol. The van der Waals surface area contributed by atoms with Crippen LogP contribution in [-0.4, -0.2) is 17.5 Å². The van der Waals surface area contributed by atoms with E-state index in [1.54, 1.807) is 0 Å². The lowest BCUT2D eigenvalue weighted by Gasteiger charge is -2.28. The summed E-state index contributed by atoms with van der Waals surface area (Å²) in [5, 5.41) is 0. The topological polar surface area (TPSA) is 26.3 Å². The summed E-state index contributed by atoms with van der Waals surface area (Å²) in [4.78, 5) is 12.2. The molecule has 1 aromatic carbocycles. The predicted octanol–water partition coefficient (Wildman–Crippen LogP) is 3.85. The molecule has 1 unspecified atom stereocenters. The summed E-state index contributed by atoms with van der Waals surface area (Å²) in [5.41, 5.74) is 0.483. The van der Waals surface area contributed by atoms with Crippen LogP contribution in [0.5, 0.6) is 0 Å². The van der Waals surface area contributed by atoms with Gasteiger partial charge in [0, 0.05) is 5.56 Å². The molecule has 0 amide bonds. The molecular formula is C15H22O2. The van der Waals surface area contributed by atoms with Crippen LogP contribution in [0, 0.1) is 0 Å². The Kier molecular flexibility index (Phi) is 4.88. The van der Waals surface area contributed by atoms with Crippen LogP contribution in [0.4, 0.5) is 0 Å². The number of Topliss-reactive ketones (excluding diaryl/α,β-unsaturated/α-hetero) is 1. The van der Waals surface area contributed by atoms with E-state index in [4.69, 9.17) is 4.74 Å². The Morgan fingerprint density at radius 3 is 2.29 bits per heavy atom. The summed E-state index contributed by atoms with van der Waals surface area (Å²) < 4.78 is 5.90. The predicted molar refractivity (Wildman–Crippen MR) is 70.3 cm³/mol. The van der Waals surface area contributed by atoms with Gasteiger partial charge >= 0.3 is 0 Å². The van der Waals surface area contributed by atoms with Crippen molar-refractivity contribution in [3.8, 4) is 0 Å². The molecule has 17 heavy (non-hydrogen) atoms. The lowest BCUT2D eigenvalue weighted by molar-refractivity contribution is -0.0597. The first kappa shape index (κ1) is 13.9. The van der Waals surface area contributed by atoms with Gasteiger partial charge in [-0.3, -0.25) is 4.79 Å². The Labute approximate surface area is 104 Å². The second-order valence-corrected chi connectivity index (χ2v) is 4.86. The molecule has 1 aromatic rings. The maximum absolute atomic E-state index is 12.2. The number of carbonyl (C=O) groups is 1. The lowest BCUT2D eigenvalue weighted by atomic mass is 10.0. The van der Waals surface area contributed by atoms with Crippen LogP contribution in [-0.2, 0) is 4.74 Å². The lowest BCUT2D eigenvalue weighted by Crippen LogP contribution is -2.34. The molecule has 0 saturated carbocycles. The van der Waals surface area contributed by atoms with Crippen LogP contribution < -0.4 is 0 Å². The number of rotatable bonds is 6. The second kappa shape index (κ2) is 5.97. The van der Waals surface area contributed by atoms with Crippen molar-refractivity contribution in [1.82, 2.24) is 0 Å². The van der Waals surface area contributed by atoms with Gasteiger partial charge in [0.1, 0.15) is 6.10 Å². The third-order valence-corrected chi connectivity index (χ3v) is 3.03. The number of ketones is 1. The first-order chi connectivity index (χ1) is 8.00. The highest BCUT2D eigenvalue weighted by Crippen LogP contribution is 2.20. The van der Waals surface area contributed by atoms with Crippen molar-refractivity contribution in [2.24, 2.45) is 0 Å². The minimum atomic E-state index is -0.340. The fourth-order valence-corrected chi connectivity index (χ4v) is 1.58. The molecule has 0 aromatic heterocycles. The highest BCUT2D eigenvalue weighted by molar-refractivity contribution is 5.99. The zero-order chi connectivity index (χ0) is 12.9. The molecule has 1 atom stereocenters. The van der Waals surface area contributed by atoms with E-state index in [2.05, 4.69) is 6.92 Å². The van der Waals surface area contributed by atoms with Crippen molar-refractivity contribution in [3.05, 3.63) is 35.9 Å². The SMILES string of the molecule is CCC(OC(C)(C)CC)C(=O)c1ccccc1. The van der Waals surface area contributed by atoms with Crippen molar-refractivity contribution >= 4 is 5.78 Å². The van der Waals surface area contributed by atoms with E-state index < -0.39 is 0 Å². The number of benzene rings is 1. The normalized spacial score (nSPS) is 13.4. The van der Waals surface area contributed by atoms with Crippen molar-refractivity contribution in [1.29, 1.82) is 0 Å². The van der Waals surface area contributed by atoms with Gasteiger partial charge in [-0.2, -0.15) is 0 Å². The Morgan fingerprint density at radius 2 is 1.82 bits per heavy atom. The first-order valence-electron chi connectivity index (χ1n) is 6.27. The van der Waals surface area contributed by atoms with Gasteiger partial charge in [-0.15, -0.1) is 0 Å². The quantitative estimate of drug-likeness (QED) is 0.699. The minimum absolute atomic E-state index is 0.0784. The molecular weight excluding hydrogens is 212 g/mol. The molecule has 0 radical (unpaired) electrons. The molecule has 0 bridgehead atoms. The maximum Gasteiger partial charge on any atom is 0.191 e. The van der Waals surface area contributed by atoms with Crippen molar-refractivity contribution in [2.75, 3.05) is 0 Å². The van der Waals surface area contributed by atoms with Crippen LogP contribution in [0.1, 0.15) is 50.9 Å². The van der Waals surface area contributed by atoms with Gasteiger partial charge < -0.3 is 4.74 Å². The zero-order valence-corrected chi connectivity index (χ0v) is 11.2. The number of hydrogen-bond acceptors (Lipinski definition) is 2. The zero-order valence-electron chi connectivity index (χ0n) is 11.2. The van der Waals surface area contributed by atoms with Gasteiger partial charge in [-0.25, -0.2) is 0 Å². The van der Waals surface area contributed by atoms with E-state index in [0.29, 0.717) is 6.42 Å². The molecule has 0 saturated heterocycles. The van der Waals surface area contributed by atoms with E-state index >= 15 is 0 Å². The van der Waals surface area contributed by atoms with E-state index in [9.17, 15) is 4.79 Å². The van der Waals surface area contributed by atoms with Crippen molar-refractivity contribution in [3.63, 3.8) is 0 Å². The summed E-state index contributed by atoms with van der Waals surface area (Å²) in [7, 11) is 0. The van der Waals surface area contributed by atoms with Crippen LogP contribution >= 0.6 is 0 Å². The Hall–Kier alpha value is -1.15. The molecule has 0 fully saturated rings. The van der Waals surface area contributed by atoms with E-state index in [1.165, 1.54) is 0 Å². The minimum Gasteiger partial charge on any atom is -0.364 e. The van der Waals surface area contributed by atoms with E-state index in [0.717, 1.165) is 12.0 Å². The molecule has 1 rings (SSSR count). The number of hydrogen-bond donors (Lipinski definition) is 0. The van der Waals surface area contributed by atoms with Gasteiger partial charge in [0.15, 0.2) is 5.78 Å². The Balaban J connectivity index is 2.78. The Morgan fingerprint density at radius 1 is 1.24 bits per heavy atom. The smallest absolute Gasteiger partial charge is 0.191 e. The standard InChI is InChI=1S/C15H22O2/c1-5-13(17-15(3,4)6-2)14(16)12-10-8-7-9-11-12/h7-11,13H,5-6H2,1-4H3. The molecule has 2 heteroatoms. The van der Waals surface area contributed by atoms with Gasteiger partial charge in [0.05, 0.1) is 5.60 Å². The molecule has 0 aliphatic heterocycles. The molecule has 2 nitrogen and oxygen atoms in total. The van der Waals surface area contributed by atoms with Gasteiger partial charge in [-0.1, -0.05) is 44.2 Å². The highest BCUT2D eigenvalue weighted by atomic mass is 16.5. The Bertz CT molecular complexity index is 354. The molecule has 0 spiro atoms. The molecule has 0 heterocycles. The van der Waals surface area contributed by atoms with E-state index in [1.807, 2.05) is 51.1 Å². The van der Waals surface area contributed by atoms with Crippen LogP contribution in [0.25, 0.3) is 0 Å².